The van der Waals surface area contributed by atoms with Crippen molar-refractivity contribution in [2.24, 2.45) is 7.05 Å². The molecule has 0 saturated heterocycles. The van der Waals surface area contributed by atoms with Gasteiger partial charge in [0.1, 0.15) is 5.75 Å². The third-order valence-corrected chi connectivity index (χ3v) is 4.21. The maximum absolute atomic E-state index is 5.79. The van der Waals surface area contributed by atoms with E-state index in [4.69, 9.17) is 4.74 Å². The molecule has 96 valence electrons. The molecule has 2 rings (SSSR count). The minimum absolute atomic E-state index is 0.667. The molecule has 0 atom stereocenters. The molecule has 4 heteroatoms. The summed E-state index contributed by atoms with van der Waals surface area (Å²) in [5.41, 5.74) is 3.58. The zero-order valence-corrected chi connectivity index (χ0v) is 12.5. The number of halogens is 1. The summed E-state index contributed by atoms with van der Waals surface area (Å²) in [6, 6.07) is 6.13. The molecule has 1 aromatic carbocycles. The molecule has 0 N–H and O–H groups in total. The number of aromatic nitrogens is 2. The van der Waals surface area contributed by atoms with Crippen LogP contribution in [0.4, 0.5) is 0 Å². The van der Waals surface area contributed by atoms with Crippen LogP contribution in [0.1, 0.15) is 16.8 Å². The van der Waals surface area contributed by atoms with E-state index in [0.717, 1.165) is 16.6 Å². The molecule has 0 saturated carbocycles. The first-order valence-corrected chi connectivity index (χ1v) is 6.73. The average Bonchev–Trinajstić information content (AvgIpc) is 2.72. The van der Waals surface area contributed by atoms with E-state index in [-0.39, 0.29) is 0 Å². The molecule has 0 aliphatic carbocycles. The Morgan fingerprint density at radius 3 is 2.50 bits per heavy atom. The molecule has 0 bridgehead atoms. The van der Waals surface area contributed by atoms with Crippen LogP contribution in [0.15, 0.2) is 28.9 Å². The molecule has 0 amide bonds. The summed E-state index contributed by atoms with van der Waals surface area (Å²) in [5, 5.41) is 4.14. The van der Waals surface area contributed by atoms with E-state index in [1.54, 1.807) is 0 Å². The first kappa shape index (κ1) is 13.1. The Morgan fingerprint density at radius 1 is 1.28 bits per heavy atom. The zero-order valence-electron chi connectivity index (χ0n) is 10.9. The van der Waals surface area contributed by atoms with Crippen LogP contribution in [-0.2, 0) is 13.5 Å². The van der Waals surface area contributed by atoms with Crippen molar-refractivity contribution in [1.29, 1.82) is 0 Å². The lowest BCUT2D eigenvalue weighted by Crippen LogP contribution is -2.06. The normalized spacial score (nSPS) is 10.7. The Kier molecular flexibility index (Phi) is 4.07. The highest BCUT2D eigenvalue weighted by Crippen LogP contribution is 2.26. The van der Waals surface area contributed by atoms with E-state index >= 15 is 0 Å². The number of hydrogen-bond acceptors (Lipinski definition) is 2. The van der Waals surface area contributed by atoms with E-state index in [2.05, 4.69) is 47.0 Å². The molecule has 0 spiro atoms. The monoisotopic (exact) mass is 308 g/mol. The van der Waals surface area contributed by atoms with Gasteiger partial charge in [-0.3, -0.25) is 4.68 Å². The minimum Gasteiger partial charge on any atom is -0.493 e. The van der Waals surface area contributed by atoms with Gasteiger partial charge >= 0.3 is 0 Å². The summed E-state index contributed by atoms with van der Waals surface area (Å²) < 4.78 is 8.82. The van der Waals surface area contributed by atoms with Gasteiger partial charge in [-0.1, -0.05) is 15.9 Å². The van der Waals surface area contributed by atoms with E-state index in [0.29, 0.717) is 6.61 Å². The Bertz CT molecular complexity index is 525. The maximum Gasteiger partial charge on any atom is 0.119 e. The summed E-state index contributed by atoms with van der Waals surface area (Å²) in [4.78, 5) is 0. The van der Waals surface area contributed by atoms with Crippen LogP contribution in [0, 0.1) is 13.8 Å². The Hall–Kier alpha value is -1.29. The molecule has 18 heavy (non-hydrogen) atoms. The van der Waals surface area contributed by atoms with Gasteiger partial charge in [0.25, 0.3) is 0 Å². The smallest absolute Gasteiger partial charge is 0.119 e. The van der Waals surface area contributed by atoms with Crippen molar-refractivity contribution in [3.8, 4) is 5.75 Å². The lowest BCUT2D eigenvalue weighted by atomic mass is 10.1. The quantitative estimate of drug-likeness (QED) is 0.865. The Balaban J connectivity index is 1.97. The fraction of sp³-hybridized carbons (Fsp3) is 0.357. The van der Waals surface area contributed by atoms with E-state index < -0.39 is 0 Å². The molecule has 0 aliphatic rings. The van der Waals surface area contributed by atoms with Crippen LogP contribution < -0.4 is 4.74 Å². The van der Waals surface area contributed by atoms with Crippen molar-refractivity contribution < 1.29 is 4.74 Å². The van der Waals surface area contributed by atoms with Crippen molar-refractivity contribution in [1.82, 2.24) is 9.78 Å². The number of benzene rings is 1. The van der Waals surface area contributed by atoms with Crippen molar-refractivity contribution in [3.63, 3.8) is 0 Å². The lowest BCUT2D eigenvalue weighted by molar-refractivity contribution is 0.318. The Morgan fingerprint density at radius 2 is 1.94 bits per heavy atom. The van der Waals surface area contributed by atoms with Gasteiger partial charge in [0.05, 0.1) is 6.61 Å². The highest BCUT2D eigenvalue weighted by molar-refractivity contribution is 9.10. The van der Waals surface area contributed by atoms with Gasteiger partial charge in [-0.05, 0) is 43.2 Å². The molecule has 0 fully saturated rings. The molecular weight excluding hydrogens is 292 g/mol. The highest BCUT2D eigenvalue weighted by Gasteiger charge is 2.04. The van der Waals surface area contributed by atoms with Crippen LogP contribution in [-0.4, -0.2) is 16.4 Å². The van der Waals surface area contributed by atoms with Gasteiger partial charge < -0.3 is 4.74 Å². The number of ether oxygens (including phenoxy) is 1. The van der Waals surface area contributed by atoms with Crippen molar-refractivity contribution >= 4 is 15.9 Å². The number of rotatable bonds is 4. The van der Waals surface area contributed by atoms with Gasteiger partial charge in [0, 0.05) is 29.8 Å². The third kappa shape index (κ3) is 2.93. The van der Waals surface area contributed by atoms with Crippen LogP contribution in [0.3, 0.4) is 0 Å². The van der Waals surface area contributed by atoms with Crippen molar-refractivity contribution in [3.05, 3.63) is 45.7 Å². The van der Waals surface area contributed by atoms with Gasteiger partial charge in [-0.15, -0.1) is 0 Å². The molecular formula is C14H17BrN2O. The molecule has 1 heterocycles. The highest BCUT2D eigenvalue weighted by atomic mass is 79.9. The predicted octanol–water partition coefficient (Wildman–Crippen LogP) is 3.42. The molecule has 3 nitrogen and oxygen atoms in total. The summed E-state index contributed by atoms with van der Waals surface area (Å²) >= 11 is 3.56. The molecule has 0 radical (unpaired) electrons. The standard InChI is InChI=1S/C14H17BrN2O/c1-10-8-13(9-11(2)14(10)15)18-7-5-12-4-6-16-17(12)3/h4,6,8-9H,5,7H2,1-3H3. The second-order valence-electron chi connectivity index (χ2n) is 4.42. The van der Waals surface area contributed by atoms with Crippen molar-refractivity contribution in [2.45, 2.75) is 20.3 Å². The molecule has 1 aromatic heterocycles. The van der Waals surface area contributed by atoms with Crippen LogP contribution in [0.25, 0.3) is 0 Å². The number of aryl methyl sites for hydroxylation is 3. The van der Waals surface area contributed by atoms with Crippen molar-refractivity contribution in [2.75, 3.05) is 6.61 Å². The van der Waals surface area contributed by atoms with Crippen LogP contribution in [0.2, 0.25) is 0 Å². The largest absolute Gasteiger partial charge is 0.493 e. The average molecular weight is 309 g/mol. The summed E-state index contributed by atoms with van der Waals surface area (Å²) in [7, 11) is 1.95. The fourth-order valence-electron chi connectivity index (χ4n) is 1.91. The van der Waals surface area contributed by atoms with E-state index in [1.807, 2.05) is 24.0 Å². The first-order valence-electron chi connectivity index (χ1n) is 5.94. The summed E-state index contributed by atoms with van der Waals surface area (Å²) in [6.07, 6.45) is 2.67. The van der Waals surface area contributed by atoms with Crippen LogP contribution >= 0.6 is 15.9 Å². The molecule has 2 aromatic rings. The van der Waals surface area contributed by atoms with Gasteiger partial charge in [-0.25, -0.2) is 0 Å². The Labute approximate surface area is 116 Å². The lowest BCUT2D eigenvalue weighted by Gasteiger charge is -2.10. The van der Waals surface area contributed by atoms with Crippen LogP contribution in [0.5, 0.6) is 5.75 Å². The fourth-order valence-corrected chi connectivity index (χ4v) is 2.14. The second-order valence-corrected chi connectivity index (χ2v) is 5.21. The molecule has 0 unspecified atom stereocenters. The third-order valence-electron chi connectivity index (χ3n) is 2.96. The van der Waals surface area contributed by atoms with E-state index in [1.165, 1.54) is 16.8 Å². The van der Waals surface area contributed by atoms with Gasteiger partial charge in [0.2, 0.25) is 0 Å². The SMILES string of the molecule is Cc1cc(OCCc2ccnn2C)cc(C)c1Br. The topological polar surface area (TPSA) is 27.1 Å². The zero-order chi connectivity index (χ0) is 13.1. The minimum atomic E-state index is 0.667. The number of hydrogen-bond donors (Lipinski definition) is 0. The first-order chi connectivity index (χ1) is 8.58. The summed E-state index contributed by atoms with van der Waals surface area (Å²) in [6.45, 7) is 4.82. The van der Waals surface area contributed by atoms with E-state index in [9.17, 15) is 0 Å². The molecule has 0 aliphatic heterocycles. The second kappa shape index (κ2) is 5.57. The van der Waals surface area contributed by atoms with Gasteiger partial charge in [-0.2, -0.15) is 5.10 Å². The maximum atomic E-state index is 5.79. The van der Waals surface area contributed by atoms with Gasteiger partial charge in [0.15, 0.2) is 0 Å². The summed E-state index contributed by atoms with van der Waals surface area (Å²) in [5.74, 6) is 0.926. The number of nitrogens with zero attached hydrogens (tertiary/aromatic N) is 2. The predicted molar refractivity (Wildman–Crippen MR) is 76.0 cm³/mol.